The Morgan fingerprint density at radius 3 is 2.69 bits per heavy atom. The van der Waals surface area contributed by atoms with Crippen LogP contribution < -0.4 is 4.74 Å². The van der Waals surface area contributed by atoms with Crippen molar-refractivity contribution in [2.75, 3.05) is 7.11 Å². The second kappa shape index (κ2) is 4.42. The minimum Gasteiger partial charge on any atom is -0.496 e. The highest BCUT2D eigenvalue weighted by Gasteiger charge is 2.05. The number of hydrogen-bond acceptors (Lipinski definition) is 2. The molecule has 0 aliphatic rings. The van der Waals surface area contributed by atoms with Gasteiger partial charge in [0.05, 0.1) is 7.11 Å². The quantitative estimate of drug-likeness (QED) is 0.763. The zero-order chi connectivity index (χ0) is 9.84. The molecule has 2 nitrogen and oxygen atoms in total. The lowest BCUT2D eigenvalue weighted by atomic mass is 10.1. The molecule has 0 aliphatic heterocycles. The largest absolute Gasteiger partial charge is 0.496 e. The summed E-state index contributed by atoms with van der Waals surface area (Å²) in [6.07, 6.45) is 0.858. The van der Waals surface area contributed by atoms with E-state index in [-0.39, 0.29) is 4.69 Å². The standard InChI is InChI=1S/C10H11BrO2/c1-3-7-6-8(10(11)12)4-5-9(7)13-2/h4-6H,3H2,1-2H3. The molecule has 1 aromatic rings. The first-order chi connectivity index (χ1) is 6.19. The van der Waals surface area contributed by atoms with Gasteiger partial charge in [0.2, 0.25) is 4.69 Å². The van der Waals surface area contributed by atoms with E-state index in [2.05, 4.69) is 15.9 Å². The Balaban J connectivity index is 3.13. The molecule has 13 heavy (non-hydrogen) atoms. The van der Waals surface area contributed by atoms with Crippen LogP contribution in [0, 0.1) is 0 Å². The van der Waals surface area contributed by atoms with Crippen molar-refractivity contribution < 1.29 is 9.53 Å². The van der Waals surface area contributed by atoms with Crippen molar-refractivity contribution >= 4 is 20.6 Å². The minimum atomic E-state index is -0.0927. The lowest BCUT2D eigenvalue weighted by molar-refractivity contribution is 0.109. The van der Waals surface area contributed by atoms with Gasteiger partial charge in [-0.2, -0.15) is 0 Å². The Morgan fingerprint density at radius 1 is 1.54 bits per heavy atom. The maximum absolute atomic E-state index is 11.0. The number of rotatable bonds is 3. The number of carbonyl (C=O) groups is 1. The molecule has 0 unspecified atom stereocenters. The molecule has 0 aliphatic carbocycles. The van der Waals surface area contributed by atoms with Crippen LogP contribution >= 0.6 is 15.9 Å². The summed E-state index contributed by atoms with van der Waals surface area (Å²) in [5.74, 6) is 0.833. The van der Waals surface area contributed by atoms with Crippen LogP contribution in [-0.4, -0.2) is 11.8 Å². The molecule has 1 aromatic carbocycles. The van der Waals surface area contributed by atoms with Crippen LogP contribution in [0.4, 0.5) is 0 Å². The van der Waals surface area contributed by atoms with E-state index in [1.165, 1.54) is 0 Å². The first-order valence-corrected chi connectivity index (χ1v) is 4.85. The zero-order valence-corrected chi connectivity index (χ0v) is 9.22. The number of hydrogen-bond donors (Lipinski definition) is 0. The first kappa shape index (κ1) is 10.3. The Bertz CT molecular complexity index is 321. The van der Waals surface area contributed by atoms with Gasteiger partial charge in [-0.3, -0.25) is 4.79 Å². The van der Waals surface area contributed by atoms with Gasteiger partial charge in [0.1, 0.15) is 5.75 Å². The fourth-order valence-corrected chi connectivity index (χ4v) is 1.42. The van der Waals surface area contributed by atoms with Gasteiger partial charge < -0.3 is 4.74 Å². The molecule has 0 aromatic heterocycles. The number of carbonyl (C=O) groups excluding carboxylic acids is 1. The van der Waals surface area contributed by atoms with Gasteiger partial charge in [0.15, 0.2) is 0 Å². The average molecular weight is 243 g/mol. The van der Waals surface area contributed by atoms with Crippen LogP contribution in [0.25, 0.3) is 0 Å². The minimum absolute atomic E-state index is 0.0927. The molecule has 0 saturated heterocycles. The molecule has 0 atom stereocenters. The van der Waals surface area contributed by atoms with Gasteiger partial charge >= 0.3 is 0 Å². The fourth-order valence-electron chi connectivity index (χ4n) is 1.18. The molecule has 0 bridgehead atoms. The lowest BCUT2D eigenvalue weighted by Gasteiger charge is -2.06. The summed E-state index contributed by atoms with van der Waals surface area (Å²) in [4.78, 5) is 11.0. The summed E-state index contributed by atoms with van der Waals surface area (Å²) < 4.78 is 5.05. The summed E-state index contributed by atoms with van der Waals surface area (Å²) in [5.41, 5.74) is 1.71. The Hall–Kier alpha value is -0.830. The highest BCUT2D eigenvalue weighted by atomic mass is 79.9. The lowest BCUT2D eigenvalue weighted by Crippen LogP contribution is -1.94. The summed E-state index contributed by atoms with van der Waals surface area (Å²) in [5, 5.41) is 0. The van der Waals surface area contributed by atoms with E-state index >= 15 is 0 Å². The molecule has 0 N–H and O–H groups in total. The van der Waals surface area contributed by atoms with Gasteiger partial charge in [0.25, 0.3) is 0 Å². The third kappa shape index (κ3) is 2.31. The number of benzene rings is 1. The topological polar surface area (TPSA) is 26.3 Å². The molecule has 0 radical (unpaired) electrons. The van der Waals surface area contributed by atoms with Crippen LogP contribution in [0.2, 0.25) is 0 Å². The molecule has 0 saturated carbocycles. The Kier molecular flexibility index (Phi) is 3.48. The van der Waals surface area contributed by atoms with Crippen molar-refractivity contribution in [3.05, 3.63) is 29.3 Å². The van der Waals surface area contributed by atoms with Crippen LogP contribution in [0.15, 0.2) is 18.2 Å². The highest BCUT2D eigenvalue weighted by Crippen LogP contribution is 2.21. The summed E-state index contributed by atoms with van der Waals surface area (Å²) in [7, 11) is 1.63. The maximum Gasteiger partial charge on any atom is 0.228 e. The van der Waals surface area contributed by atoms with Gasteiger partial charge in [0, 0.05) is 5.56 Å². The van der Waals surface area contributed by atoms with Gasteiger partial charge in [-0.1, -0.05) is 6.92 Å². The van der Waals surface area contributed by atoms with Crippen LogP contribution in [0.5, 0.6) is 5.75 Å². The molecule has 0 amide bonds. The van der Waals surface area contributed by atoms with Crippen LogP contribution in [0.1, 0.15) is 22.8 Å². The van der Waals surface area contributed by atoms with Crippen molar-refractivity contribution in [2.24, 2.45) is 0 Å². The summed E-state index contributed by atoms with van der Waals surface area (Å²) in [6, 6.07) is 5.40. The predicted octanol–water partition coefficient (Wildman–Crippen LogP) is 2.79. The summed E-state index contributed by atoms with van der Waals surface area (Å²) >= 11 is 2.91. The fraction of sp³-hybridized carbons (Fsp3) is 0.300. The second-order valence-electron chi connectivity index (χ2n) is 2.65. The maximum atomic E-state index is 11.0. The van der Waals surface area contributed by atoms with Crippen molar-refractivity contribution in [2.45, 2.75) is 13.3 Å². The van der Waals surface area contributed by atoms with Crippen molar-refractivity contribution in [3.63, 3.8) is 0 Å². The van der Waals surface area contributed by atoms with E-state index in [4.69, 9.17) is 4.74 Å². The van der Waals surface area contributed by atoms with Crippen LogP contribution in [0.3, 0.4) is 0 Å². The molecule has 0 fully saturated rings. The number of methoxy groups -OCH3 is 1. The van der Waals surface area contributed by atoms with Crippen LogP contribution in [-0.2, 0) is 6.42 Å². The molecule has 0 heterocycles. The normalized spacial score (nSPS) is 9.77. The van der Waals surface area contributed by atoms with Gasteiger partial charge in [-0.05, 0) is 46.1 Å². The molecule has 3 heteroatoms. The third-order valence-electron chi connectivity index (χ3n) is 1.89. The van der Waals surface area contributed by atoms with E-state index < -0.39 is 0 Å². The highest BCUT2D eigenvalue weighted by molar-refractivity contribution is 9.18. The molecular weight excluding hydrogens is 232 g/mol. The predicted molar refractivity (Wildman–Crippen MR) is 55.6 cm³/mol. The van der Waals surface area contributed by atoms with E-state index in [0.29, 0.717) is 5.56 Å². The Morgan fingerprint density at radius 2 is 2.23 bits per heavy atom. The molecule has 0 spiro atoms. The third-order valence-corrected chi connectivity index (χ3v) is 2.35. The molecule has 70 valence electrons. The molecule has 1 rings (SSSR count). The zero-order valence-electron chi connectivity index (χ0n) is 7.63. The number of halogens is 1. The second-order valence-corrected chi connectivity index (χ2v) is 3.37. The average Bonchev–Trinajstić information content (AvgIpc) is 2.16. The SMILES string of the molecule is CCc1cc(C(=O)Br)ccc1OC. The van der Waals surface area contributed by atoms with E-state index in [0.717, 1.165) is 17.7 Å². The van der Waals surface area contributed by atoms with Crippen molar-refractivity contribution in [3.8, 4) is 5.75 Å². The smallest absolute Gasteiger partial charge is 0.228 e. The summed E-state index contributed by atoms with van der Waals surface area (Å²) in [6.45, 7) is 2.03. The van der Waals surface area contributed by atoms with E-state index in [1.54, 1.807) is 13.2 Å². The number of aryl methyl sites for hydroxylation is 1. The molecular formula is C10H11BrO2. The number of ether oxygens (including phenoxy) is 1. The van der Waals surface area contributed by atoms with E-state index in [1.807, 2.05) is 19.1 Å². The van der Waals surface area contributed by atoms with E-state index in [9.17, 15) is 4.79 Å². The van der Waals surface area contributed by atoms with Gasteiger partial charge in [-0.15, -0.1) is 0 Å². The monoisotopic (exact) mass is 242 g/mol. The van der Waals surface area contributed by atoms with Gasteiger partial charge in [-0.25, -0.2) is 0 Å². The Labute approximate surface area is 86.0 Å². The van der Waals surface area contributed by atoms with Crippen molar-refractivity contribution in [1.82, 2.24) is 0 Å². The van der Waals surface area contributed by atoms with Crippen molar-refractivity contribution in [1.29, 1.82) is 0 Å². The first-order valence-electron chi connectivity index (χ1n) is 4.05.